The maximum absolute atomic E-state index is 12.7. The van der Waals surface area contributed by atoms with Gasteiger partial charge in [-0.2, -0.15) is 0 Å². The third-order valence-electron chi connectivity index (χ3n) is 3.00. The SMILES string of the molecule is Cc1ccc(S2(=O)=N[C@@H](C(C)C)COC2)cc1. The normalized spacial score (nSPS) is 29.1. The molecule has 3 nitrogen and oxygen atoms in total. The highest BCUT2D eigenvalue weighted by atomic mass is 32.2. The molecule has 0 bridgehead atoms. The highest BCUT2D eigenvalue weighted by Gasteiger charge is 2.24. The van der Waals surface area contributed by atoms with E-state index >= 15 is 0 Å². The van der Waals surface area contributed by atoms with Crippen molar-refractivity contribution in [1.82, 2.24) is 0 Å². The molecule has 0 fully saturated rings. The van der Waals surface area contributed by atoms with Gasteiger partial charge in [-0.3, -0.25) is 0 Å². The molecule has 0 radical (unpaired) electrons. The second-order valence-electron chi connectivity index (χ2n) is 4.86. The van der Waals surface area contributed by atoms with Crippen LogP contribution in [0.4, 0.5) is 0 Å². The molecule has 2 atom stereocenters. The first kappa shape index (κ1) is 12.6. The highest BCUT2D eigenvalue weighted by molar-refractivity contribution is 7.93. The maximum atomic E-state index is 12.7. The van der Waals surface area contributed by atoms with Gasteiger partial charge in [-0.05, 0) is 25.0 Å². The predicted octanol–water partition coefficient (Wildman–Crippen LogP) is 2.83. The third kappa shape index (κ3) is 2.69. The second-order valence-corrected chi connectivity index (χ2v) is 7.06. The molecule has 0 saturated heterocycles. The van der Waals surface area contributed by atoms with Gasteiger partial charge in [0.05, 0.1) is 22.4 Å². The van der Waals surface area contributed by atoms with Gasteiger partial charge in [-0.25, -0.2) is 8.57 Å². The van der Waals surface area contributed by atoms with Crippen molar-refractivity contribution in [2.45, 2.75) is 31.7 Å². The van der Waals surface area contributed by atoms with Gasteiger partial charge in [0.25, 0.3) is 0 Å². The molecule has 1 unspecified atom stereocenters. The molecule has 0 N–H and O–H groups in total. The van der Waals surface area contributed by atoms with E-state index in [1.807, 2.05) is 31.2 Å². The summed E-state index contributed by atoms with van der Waals surface area (Å²) in [5, 5.41) is 0. The van der Waals surface area contributed by atoms with Crippen LogP contribution in [0.3, 0.4) is 0 Å². The van der Waals surface area contributed by atoms with Gasteiger partial charge in [0.2, 0.25) is 0 Å². The molecule has 0 amide bonds. The number of aryl methyl sites for hydroxylation is 1. The molecule has 1 aliphatic rings. The minimum absolute atomic E-state index is 0.0394. The van der Waals surface area contributed by atoms with E-state index in [1.54, 1.807) is 0 Å². The van der Waals surface area contributed by atoms with E-state index < -0.39 is 9.73 Å². The Labute approximate surface area is 103 Å². The van der Waals surface area contributed by atoms with Crippen molar-refractivity contribution in [2.24, 2.45) is 10.3 Å². The van der Waals surface area contributed by atoms with Crippen molar-refractivity contribution >= 4 is 9.73 Å². The van der Waals surface area contributed by atoms with Gasteiger partial charge in [0.15, 0.2) is 0 Å². The average molecular weight is 253 g/mol. The van der Waals surface area contributed by atoms with Crippen molar-refractivity contribution < 1.29 is 8.95 Å². The molecule has 0 aromatic heterocycles. The Morgan fingerprint density at radius 2 is 2.00 bits per heavy atom. The summed E-state index contributed by atoms with van der Waals surface area (Å²) in [5.41, 5.74) is 1.16. The zero-order chi connectivity index (χ0) is 12.5. The predicted molar refractivity (Wildman–Crippen MR) is 69.5 cm³/mol. The van der Waals surface area contributed by atoms with Crippen LogP contribution in [0.2, 0.25) is 0 Å². The molecule has 0 spiro atoms. The first-order chi connectivity index (χ1) is 8.01. The lowest BCUT2D eigenvalue weighted by molar-refractivity contribution is 0.140. The van der Waals surface area contributed by atoms with E-state index in [0.717, 1.165) is 10.5 Å². The lowest BCUT2D eigenvalue weighted by Crippen LogP contribution is -2.29. The van der Waals surface area contributed by atoms with E-state index in [4.69, 9.17) is 4.74 Å². The molecule has 4 heteroatoms. The number of nitrogens with zero attached hydrogens (tertiary/aromatic N) is 1. The fraction of sp³-hybridized carbons (Fsp3) is 0.538. The molecule has 17 heavy (non-hydrogen) atoms. The zero-order valence-electron chi connectivity index (χ0n) is 10.6. The Morgan fingerprint density at radius 1 is 1.35 bits per heavy atom. The van der Waals surface area contributed by atoms with Crippen LogP contribution >= 0.6 is 0 Å². The summed E-state index contributed by atoms with van der Waals surface area (Å²) in [6.45, 7) is 6.76. The molecule has 1 heterocycles. The maximum Gasteiger partial charge on any atom is 0.134 e. The second kappa shape index (κ2) is 4.78. The van der Waals surface area contributed by atoms with Crippen molar-refractivity contribution in [1.29, 1.82) is 0 Å². The van der Waals surface area contributed by atoms with Crippen molar-refractivity contribution in [3.8, 4) is 0 Å². The number of hydrogen-bond acceptors (Lipinski definition) is 3. The van der Waals surface area contributed by atoms with Crippen molar-refractivity contribution in [2.75, 3.05) is 12.5 Å². The van der Waals surface area contributed by atoms with Crippen LogP contribution in [0.15, 0.2) is 33.5 Å². The molecular formula is C13H19NO2S. The minimum atomic E-state index is -2.38. The van der Waals surface area contributed by atoms with Crippen LogP contribution in [-0.2, 0) is 14.5 Å². The molecule has 2 rings (SSSR count). The molecule has 1 aromatic rings. The van der Waals surface area contributed by atoms with E-state index in [1.165, 1.54) is 0 Å². The standard InChI is InChI=1S/C13H19NO2S/c1-10(2)13-8-16-9-17(15,14-13)12-6-4-11(3)5-7-12/h4-7,10,13H,8-9H2,1-3H3/t13-,17?/m1/s1. The topological polar surface area (TPSA) is 38.7 Å². The Morgan fingerprint density at radius 3 is 2.59 bits per heavy atom. The van der Waals surface area contributed by atoms with E-state index in [-0.39, 0.29) is 12.0 Å². The summed E-state index contributed by atoms with van der Waals surface area (Å²) in [7, 11) is -2.38. The van der Waals surface area contributed by atoms with Gasteiger partial charge in [-0.15, -0.1) is 0 Å². The van der Waals surface area contributed by atoms with Gasteiger partial charge in [0.1, 0.15) is 5.94 Å². The van der Waals surface area contributed by atoms with Crippen LogP contribution in [0.5, 0.6) is 0 Å². The summed E-state index contributed by atoms with van der Waals surface area (Å²) in [4.78, 5) is 0.786. The number of benzene rings is 1. The highest BCUT2D eigenvalue weighted by Crippen LogP contribution is 2.22. The Balaban J connectivity index is 2.41. The Kier molecular flexibility index (Phi) is 3.54. The summed E-state index contributed by atoms with van der Waals surface area (Å²) in [6, 6.07) is 7.77. The van der Waals surface area contributed by atoms with Crippen LogP contribution in [0.1, 0.15) is 19.4 Å². The fourth-order valence-electron chi connectivity index (χ4n) is 1.76. The quantitative estimate of drug-likeness (QED) is 0.813. The first-order valence-corrected chi connectivity index (χ1v) is 7.58. The fourth-order valence-corrected chi connectivity index (χ4v) is 3.70. The monoisotopic (exact) mass is 253 g/mol. The van der Waals surface area contributed by atoms with Crippen molar-refractivity contribution in [3.05, 3.63) is 29.8 Å². The number of hydrogen-bond donors (Lipinski definition) is 0. The zero-order valence-corrected chi connectivity index (χ0v) is 11.4. The molecule has 1 aliphatic heterocycles. The smallest absolute Gasteiger partial charge is 0.134 e. The molecular weight excluding hydrogens is 234 g/mol. The Bertz CT molecular complexity index is 499. The van der Waals surface area contributed by atoms with Crippen LogP contribution in [0, 0.1) is 12.8 Å². The number of ether oxygens (including phenoxy) is 1. The van der Waals surface area contributed by atoms with Crippen LogP contribution < -0.4 is 0 Å². The summed E-state index contributed by atoms with van der Waals surface area (Å²) >= 11 is 0. The Hall–Kier alpha value is -0.870. The summed E-state index contributed by atoms with van der Waals surface area (Å²) in [6.07, 6.45) is 0. The van der Waals surface area contributed by atoms with Gasteiger partial charge < -0.3 is 4.74 Å². The summed E-state index contributed by atoms with van der Waals surface area (Å²) in [5.74, 6) is 0.584. The van der Waals surface area contributed by atoms with Gasteiger partial charge in [0, 0.05) is 4.90 Å². The van der Waals surface area contributed by atoms with Crippen LogP contribution in [-0.4, -0.2) is 22.8 Å². The van der Waals surface area contributed by atoms with Gasteiger partial charge in [-0.1, -0.05) is 31.5 Å². The largest absolute Gasteiger partial charge is 0.365 e. The van der Waals surface area contributed by atoms with Crippen LogP contribution in [0.25, 0.3) is 0 Å². The molecule has 0 saturated carbocycles. The molecule has 94 valence electrons. The number of rotatable bonds is 2. The molecule has 1 aromatic carbocycles. The van der Waals surface area contributed by atoms with Gasteiger partial charge >= 0.3 is 0 Å². The first-order valence-electron chi connectivity index (χ1n) is 5.90. The minimum Gasteiger partial charge on any atom is -0.365 e. The summed E-state index contributed by atoms with van der Waals surface area (Å²) < 4.78 is 22.7. The van der Waals surface area contributed by atoms with E-state index in [0.29, 0.717) is 12.5 Å². The van der Waals surface area contributed by atoms with E-state index in [9.17, 15) is 4.21 Å². The third-order valence-corrected chi connectivity index (χ3v) is 5.10. The lowest BCUT2D eigenvalue weighted by atomic mass is 10.1. The lowest BCUT2D eigenvalue weighted by Gasteiger charge is -2.24. The molecule has 0 aliphatic carbocycles. The van der Waals surface area contributed by atoms with Crippen molar-refractivity contribution in [3.63, 3.8) is 0 Å². The van der Waals surface area contributed by atoms with E-state index in [2.05, 4.69) is 18.2 Å². The average Bonchev–Trinajstić information content (AvgIpc) is 2.29.